The third kappa shape index (κ3) is 5.93. The maximum Gasteiger partial charge on any atom is 0.222 e. The topological polar surface area (TPSA) is 50.8 Å². The van der Waals surface area contributed by atoms with Crippen LogP contribution in [-0.4, -0.2) is 51.7 Å². The molecule has 0 spiro atoms. The molecule has 0 saturated carbocycles. The second-order valence-electron chi connectivity index (χ2n) is 4.55. The highest BCUT2D eigenvalue weighted by Crippen LogP contribution is 2.16. The van der Waals surface area contributed by atoms with Crippen LogP contribution in [0, 0.1) is 0 Å². The highest BCUT2D eigenvalue weighted by Gasteiger charge is 2.07. The standard InChI is InChI=1S/C15H24N2O3/c1-16-10-4-5-15(18)17(2)11-12-20-14-8-6-13(19-3)7-9-14/h6-9,16H,4-5,10-12H2,1-3H3. The number of amides is 1. The molecule has 1 N–H and O–H groups in total. The monoisotopic (exact) mass is 280 g/mol. The lowest BCUT2D eigenvalue weighted by Gasteiger charge is -2.17. The Morgan fingerprint density at radius 1 is 1.25 bits per heavy atom. The van der Waals surface area contributed by atoms with Crippen molar-refractivity contribution < 1.29 is 14.3 Å². The van der Waals surface area contributed by atoms with Crippen molar-refractivity contribution in [2.45, 2.75) is 12.8 Å². The number of likely N-dealkylation sites (N-methyl/N-ethyl adjacent to an activating group) is 1. The molecule has 1 aromatic carbocycles. The van der Waals surface area contributed by atoms with Gasteiger partial charge in [0.25, 0.3) is 0 Å². The summed E-state index contributed by atoms with van der Waals surface area (Å²) < 4.78 is 10.7. The summed E-state index contributed by atoms with van der Waals surface area (Å²) in [4.78, 5) is 13.5. The van der Waals surface area contributed by atoms with Gasteiger partial charge in [0.05, 0.1) is 13.7 Å². The Hall–Kier alpha value is -1.75. The highest BCUT2D eigenvalue weighted by molar-refractivity contribution is 5.75. The molecule has 1 amide bonds. The van der Waals surface area contributed by atoms with Crippen LogP contribution < -0.4 is 14.8 Å². The number of benzene rings is 1. The molecule has 20 heavy (non-hydrogen) atoms. The van der Waals surface area contributed by atoms with Gasteiger partial charge < -0.3 is 19.7 Å². The van der Waals surface area contributed by atoms with Crippen LogP contribution in [0.25, 0.3) is 0 Å². The highest BCUT2D eigenvalue weighted by atomic mass is 16.5. The smallest absolute Gasteiger partial charge is 0.222 e. The van der Waals surface area contributed by atoms with Crippen molar-refractivity contribution in [3.8, 4) is 11.5 Å². The minimum atomic E-state index is 0.151. The summed E-state index contributed by atoms with van der Waals surface area (Å²) in [5, 5.41) is 3.03. The van der Waals surface area contributed by atoms with Gasteiger partial charge in [-0.2, -0.15) is 0 Å². The van der Waals surface area contributed by atoms with E-state index in [1.807, 2.05) is 31.3 Å². The Balaban J connectivity index is 2.23. The molecular formula is C15H24N2O3. The van der Waals surface area contributed by atoms with Crippen LogP contribution in [0.5, 0.6) is 11.5 Å². The number of rotatable bonds is 9. The summed E-state index contributed by atoms with van der Waals surface area (Å²) >= 11 is 0. The number of carbonyl (C=O) groups is 1. The number of ether oxygens (including phenoxy) is 2. The van der Waals surface area contributed by atoms with Crippen molar-refractivity contribution in [2.75, 3.05) is 40.9 Å². The zero-order valence-corrected chi connectivity index (χ0v) is 12.5. The quantitative estimate of drug-likeness (QED) is 0.697. The first kappa shape index (κ1) is 16.3. The lowest BCUT2D eigenvalue weighted by atomic mass is 10.3. The van der Waals surface area contributed by atoms with E-state index < -0.39 is 0 Å². The van der Waals surface area contributed by atoms with Gasteiger partial charge >= 0.3 is 0 Å². The second kappa shape index (κ2) is 9.20. The zero-order chi connectivity index (χ0) is 14.8. The third-order valence-electron chi connectivity index (χ3n) is 3.00. The Kier molecular flexibility index (Phi) is 7.50. The van der Waals surface area contributed by atoms with Gasteiger partial charge in [-0.05, 0) is 44.3 Å². The summed E-state index contributed by atoms with van der Waals surface area (Å²) in [7, 11) is 5.32. The van der Waals surface area contributed by atoms with Gasteiger partial charge in [-0.25, -0.2) is 0 Å². The first-order valence-corrected chi connectivity index (χ1v) is 6.82. The van der Waals surface area contributed by atoms with E-state index >= 15 is 0 Å². The van der Waals surface area contributed by atoms with Crippen molar-refractivity contribution >= 4 is 5.91 Å². The largest absolute Gasteiger partial charge is 0.497 e. The van der Waals surface area contributed by atoms with Crippen molar-refractivity contribution in [3.63, 3.8) is 0 Å². The normalized spacial score (nSPS) is 10.2. The molecule has 1 aromatic rings. The van der Waals surface area contributed by atoms with E-state index in [9.17, 15) is 4.79 Å². The Morgan fingerprint density at radius 3 is 2.50 bits per heavy atom. The Labute approximate surface area is 120 Å². The fourth-order valence-corrected chi connectivity index (χ4v) is 1.70. The van der Waals surface area contributed by atoms with Crippen LogP contribution in [0.3, 0.4) is 0 Å². The van der Waals surface area contributed by atoms with E-state index in [0.717, 1.165) is 24.5 Å². The van der Waals surface area contributed by atoms with Crippen LogP contribution in [0.2, 0.25) is 0 Å². The molecule has 0 saturated heterocycles. The van der Waals surface area contributed by atoms with Gasteiger partial charge in [0, 0.05) is 13.5 Å². The summed E-state index contributed by atoms with van der Waals surface area (Å²) in [6, 6.07) is 7.41. The van der Waals surface area contributed by atoms with Crippen molar-refractivity contribution in [3.05, 3.63) is 24.3 Å². The van der Waals surface area contributed by atoms with Crippen LogP contribution in [0.1, 0.15) is 12.8 Å². The lowest BCUT2D eigenvalue weighted by Crippen LogP contribution is -2.31. The van der Waals surface area contributed by atoms with E-state index in [1.165, 1.54) is 0 Å². The van der Waals surface area contributed by atoms with Gasteiger partial charge in [0.1, 0.15) is 18.1 Å². The molecule has 0 unspecified atom stereocenters. The molecule has 0 fully saturated rings. The fraction of sp³-hybridized carbons (Fsp3) is 0.533. The average Bonchev–Trinajstić information content (AvgIpc) is 2.48. The molecule has 0 heterocycles. The molecule has 0 aliphatic rings. The van der Waals surface area contributed by atoms with E-state index in [2.05, 4.69) is 5.32 Å². The third-order valence-corrected chi connectivity index (χ3v) is 3.00. The Morgan fingerprint density at radius 2 is 1.90 bits per heavy atom. The molecule has 1 rings (SSSR count). The molecule has 0 aromatic heterocycles. The van der Waals surface area contributed by atoms with Gasteiger partial charge in [0.2, 0.25) is 5.91 Å². The molecular weight excluding hydrogens is 256 g/mol. The SMILES string of the molecule is CNCCCC(=O)N(C)CCOc1ccc(OC)cc1. The first-order valence-electron chi connectivity index (χ1n) is 6.82. The van der Waals surface area contributed by atoms with Crippen LogP contribution >= 0.6 is 0 Å². The number of hydrogen-bond donors (Lipinski definition) is 1. The average molecular weight is 280 g/mol. The minimum absolute atomic E-state index is 0.151. The van der Waals surface area contributed by atoms with Crippen LogP contribution in [-0.2, 0) is 4.79 Å². The minimum Gasteiger partial charge on any atom is -0.497 e. The molecule has 0 bridgehead atoms. The number of nitrogens with one attached hydrogen (secondary N) is 1. The van der Waals surface area contributed by atoms with E-state index in [1.54, 1.807) is 19.1 Å². The van der Waals surface area contributed by atoms with Gasteiger partial charge in [-0.3, -0.25) is 4.79 Å². The second-order valence-corrected chi connectivity index (χ2v) is 4.55. The molecule has 5 nitrogen and oxygen atoms in total. The predicted molar refractivity (Wildman–Crippen MR) is 79.3 cm³/mol. The van der Waals surface area contributed by atoms with Crippen molar-refractivity contribution in [1.82, 2.24) is 10.2 Å². The van der Waals surface area contributed by atoms with E-state index in [-0.39, 0.29) is 5.91 Å². The Bertz CT molecular complexity index is 393. The predicted octanol–water partition coefficient (Wildman–Crippen LogP) is 1.53. The number of nitrogens with zero attached hydrogens (tertiary/aromatic N) is 1. The van der Waals surface area contributed by atoms with E-state index in [0.29, 0.717) is 19.6 Å². The molecule has 0 atom stereocenters. The van der Waals surface area contributed by atoms with Gasteiger partial charge in [-0.15, -0.1) is 0 Å². The van der Waals surface area contributed by atoms with Crippen LogP contribution in [0.4, 0.5) is 0 Å². The maximum absolute atomic E-state index is 11.8. The van der Waals surface area contributed by atoms with Gasteiger partial charge in [-0.1, -0.05) is 0 Å². The molecule has 0 aliphatic heterocycles. The number of hydrogen-bond acceptors (Lipinski definition) is 4. The first-order chi connectivity index (χ1) is 9.67. The molecule has 5 heteroatoms. The van der Waals surface area contributed by atoms with E-state index in [4.69, 9.17) is 9.47 Å². The molecule has 0 radical (unpaired) electrons. The summed E-state index contributed by atoms with van der Waals surface area (Å²) in [5.74, 6) is 1.73. The van der Waals surface area contributed by atoms with Crippen LogP contribution in [0.15, 0.2) is 24.3 Å². The maximum atomic E-state index is 11.8. The fourth-order valence-electron chi connectivity index (χ4n) is 1.70. The molecule has 0 aliphatic carbocycles. The van der Waals surface area contributed by atoms with Crippen molar-refractivity contribution in [2.24, 2.45) is 0 Å². The summed E-state index contributed by atoms with van der Waals surface area (Å²) in [6.07, 6.45) is 1.43. The summed E-state index contributed by atoms with van der Waals surface area (Å²) in [6.45, 7) is 1.94. The number of carbonyl (C=O) groups excluding carboxylic acids is 1. The molecule has 112 valence electrons. The number of methoxy groups -OCH3 is 1. The lowest BCUT2D eigenvalue weighted by molar-refractivity contribution is -0.130. The summed E-state index contributed by atoms with van der Waals surface area (Å²) in [5.41, 5.74) is 0. The zero-order valence-electron chi connectivity index (χ0n) is 12.5. The van der Waals surface area contributed by atoms with Gasteiger partial charge in [0.15, 0.2) is 0 Å². The van der Waals surface area contributed by atoms with Crippen molar-refractivity contribution in [1.29, 1.82) is 0 Å².